The van der Waals surface area contributed by atoms with Gasteiger partial charge in [-0.3, -0.25) is 18.6 Å². The number of hydrogen-bond acceptors (Lipinski definition) is 5. The molecule has 0 saturated carbocycles. The fourth-order valence-electron chi connectivity index (χ4n) is 3.63. The van der Waals surface area contributed by atoms with Gasteiger partial charge in [0, 0.05) is 29.9 Å². The molecule has 3 aromatic rings. The minimum atomic E-state index is -1.63. The fraction of sp³-hybridized carbons (Fsp3) is 0.231. The van der Waals surface area contributed by atoms with Crippen molar-refractivity contribution in [3.05, 3.63) is 104 Å². The lowest BCUT2D eigenvalue weighted by Gasteiger charge is -2.16. The van der Waals surface area contributed by atoms with E-state index in [1.54, 1.807) is 38.3 Å². The first kappa shape index (κ1) is 27.3. The van der Waals surface area contributed by atoms with Gasteiger partial charge in [0.1, 0.15) is 16.6 Å². The zero-order chi connectivity index (χ0) is 26.4. The molecule has 36 heavy (non-hydrogen) atoms. The third kappa shape index (κ3) is 6.09. The smallest absolute Gasteiger partial charge is 0.273 e. The summed E-state index contributed by atoms with van der Waals surface area (Å²) in [6.45, 7) is 5.22. The van der Waals surface area contributed by atoms with E-state index in [1.807, 2.05) is 13.0 Å². The lowest BCUT2D eigenvalue weighted by molar-refractivity contribution is 0.591. The zero-order valence-corrected chi connectivity index (χ0v) is 21.8. The number of allylic oxidation sites excluding steroid dienone is 2. The molecular weight excluding hydrogens is 506 g/mol. The Labute approximate surface area is 215 Å². The second-order valence-corrected chi connectivity index (χ2v) is 9.79. The van der Waals surface area contributed by atoms with E-state index in [-0.39, 0.29) is 27.1 Å². The molecule has 2 heterocycles. The minimum absolute atomic E-state index is 0.0532. The second kappa shape index (κ2) is 12.1. The van der Waals surface area contributed by atoms with Gasteiger partial charge in [-0.1, -0.05) is 30.7 Å². The molecule has 0 saturated heterocycles. The molecule has 2 unspecified atom stereocenters. The highest BCUT2D eigenvalue weighted by molar-refractivity contribution is 7.84. The molecule has 0 bridgehead atoms. The van der Waals surface area contributed by atoms with Crippen LogP contribution in [0.25, 0.3) is 6.20 Å². The third-order valence-corrected chi connectivity index (χ3v) is 6.74. The number of aryl methyl sites for hydroxylation is 1. The van der Waals surface area contributed by atoms with Crippen LogP contribution in [0.1, 0.15) is 42.3 Å². The molecule has 0 radical (unpaired) electrons. The third-order valence-electron chi connectivity index (χ3n) is 5.43. The number of aliphatic imine (C=N–C) groups is 1. The molecule has 3 rings (SSSR count). The van der Waals surface area contributed by atoms with Crippen LogP contribution in [0.3, 0.4) is 0 Å². The van der Waals surface area contributed by atoms with E-state index in [1.165, 1.54) is 30.7 Å². The number of rotatable bonds is 8. The van der Waals surface area contributed by atoms with Crippen LogP contribution in [0.15, 0.2) is 75.4 Å². The predicted octanol–water partition coefficient (Wildman–Crippen LogP) is 5.61. The van der Waals surface area contributed by atoms with E-state index >= 15 is 8.78 Å². The quantitative estimate of drug-likeness (QED) is 0.354. The first-order valence-electron chi connectivity index (χ1n) is 11.0. The second-order valence-electron chi connectivity index (χ2n) is 8.06. The highest BCUT2D eigenvalue weighted by Crippen LogP contribution is 2.26. The number of hydrogen-bond donors (Lipinski definition) is 0. The number of aromatic nitrogens is 3. The van der Waals surface area contributed by atoms with E-state index < -0.39 is 28.0 Å². The van der Waals surface area contributed by atoms with Crippen molar-refractivity contribution in [2.24, 2.45) is 4.99 Å². The summed E-state index contributed by atoms with van der Waals surface area (Å²) in [4.78, 5) is 17.1. The average Bonchev–Trinajstić information content (AvgIpc) is 2.85. The molecule has 6 nitrogen and oxygen atoms in total. The van der Waals surface area contributed by atoms with Crippen molar-refractivity contribution in [2.45, 2.75) is 38.0 Å². The Hall–Kier alpha value is -3.30. The molecule has 0 N–H and O–H groups in total. The fourth-order valence-corrected chi connectivity index (χ4v) is 4.60. The van der Waals surface area contributed by atoms with Crippen LogP contribution in [0.5, 0.6) is 0 Å². The lowest BCUT2D eigenvalue weighted by Crippen LogP contribution is -2.22. The SMILES string of the molecule is C/C=C/N=C(/C(F)=C/n1c(C)cc(C(C)Cc2cccnn2)c(Cl)c1=O)c1cccc(S(C)=O)c1F. The van der Waals surface area contributed by atoms with Crippen LogP contribution in [0.4, 0.5) is 8.78 Å². The topological polar surface area (TPSA) is 77.2 Å². The van der Waals surface area contributed by atoms with Crippen molar-refractivity contribution in [3.63, 3.8) is 0 Å². The summed E-state index contributed by atoms with van der Waals surface area (Å²) in [5.41, 5.74) is 0.621. The molecule has 0 aliphatic heterocycles. The van der Waals surface area contributed by atoms with E-state index in [9.17, 15) is 9.00 Å². The molecule has 0 fully saturated rings. The molecule has 188 valence electrons. The Balaban J connectivity index is 2.07. The summed E-state index contributed by atoms with van der Waals surface area (Å²) < 4.78 is 43.5. The molecule has 0 amide bonds. The Kier molecular flexibility index (Phi) is 9.17. The van der Waals surface area contributed by atoms with E-state index in [2.05, 4.69) is 15.2 Å². The van der Waals surface area contributed by atoms with Gasteiger partial charge in [0.05, 0.1) is 27.6 Å². The van der Waals surface area contributed by atoms with Gasteiger partial charge in [-0.2, -0.15) is 10.2 Å². The largest absolute Gasteiger partial charge is 0.284 e. The monoisotopic (exact) mass is 530 g/mol. The van der Waals surface area contributed by atoms with Gasteiger partial charge in [-0.15, -0.1) is 0 Å². The molecule has 10 heteroatoms. The highest BCUT2D eigenvalue weighted by Gasteiger charge is 2.21. The van der Waals surface area contributed by atoms with Crippen molar-refractivity contribution in [3.8, 4) is 0 Å². The van der Waals surface area contributed by atoms with Gasteiger partial charge in [-0.05, 0) is 62.1 Å². The summed E-state index contributed by atoms with van der Waals surface area (Å²) in [7, 11) is -1.63. The van der Waals surface area contributed by atoms with Crippen molar-refractivity contribution in [1.29, 1.82) is 0 Å². The summed E-state index contributed by atoms with van der Waals surface area (Å²) in [5.74, 6) is -1.96. The number of pyridine rings is 1. The van der Waals surface area contributed by atoms with Gasteiger partial charge in [0.25, 0.3) is 5.56 Å². The van der Waals surface area contributed by atoms with Crippen LogP contribution < -0.4 is 5.56 Å². The van der Waals surface area contributed by atoms with Crippen molar-refractivity contribution in [1.82, 2.24) is 14.8 Å². The van der Waals surface area contributed by atoms with Crippen LogP contribution in [-0.4, -0.2) is 30.9 Å². The number of halogens is 3. The summed E-state index contributed by atoms with van der Waals surface area (Å²) in [5, 5.41) is 7.88. The van der Waals surface area contributed by atoms with Crippen LogP contribution in [0.2, 0.25) is 5.02 Å². The zero-order valence-electron chi connectivity index (χ0n) is 20.2. The maximum Gasteiger partial charge on any atom is 0.273 e. The first-order valence-corrected chi connectivity index (χ1v) is 13.0. The minimum Gasteiger partial charge on any atom is -0.284 e. The van der Waals surface area contributed by atoms with Gasteiger partial charge >= 0.3 is 0 Å². The van der Waals surface area contributed by atoms with Crippen LogP contribution >= 0.6 is 11.6 Å². The first-order chi connectivity index (χ1) is 17.1. The Morgan fingerprint density at radius 3 is 2.69 bits per heavy atom. The van der Waals surface area contributed by atoms with E-state index in [4.69, 9.17) is 11.6 Å². The summed E-state index contributed by atoms with van der Waals surface area (Å²) >= 11 is 6.42. The standard InChI is InChI=1S/C26H25ClF2N4O2S/c1-5-11-30-25(19-9-6-10-22(24(19)29)36(4)35)21(28)15-33-17(3)14-20(23(27)26(33)34)16(2)13-18-8-7-12-31-32-18/h5-12,14-16H,13H2,1-4H3/b11-5+,21-15-,30-25+. The predicted molar refractivity (Wildman–Crippen MR) is 140 cm³/mol. The molecular formula is C26H25ClF2N4O2S. The summed E-state index contributed by atoms with van der Waals surface area (Å²) in [6.07, 6.45) is 7.19. The van der Waals surface area contributed by atoms with Gasteiger partial charge in [0.2, 0.25) is 0 Å². The molecule has 2 atom stereocenters. The maximum atomic E-state index is 15.5. The van der Waals surface area contributed by atoms with E-state index in [0.29, 0.717) is 17.7 Å². The Morgan fingerprint density at radius 2 is 2.06 bits per heavy atom. The molecule has 1 aromatic carbocycles. The maximum absolute atomic E-state index is 15.5. The van der Waals surface area contributed by atoms with Crippen molar-refractivity contribution >= 4 is 34.3 Å². The number of nitrogens with zero attached hydrogens (tertiary/aromatic N) is 4. The molecule has 0 aliphatic carbocycles. The average molecular weight is 531 g/mol. The Morgan fingerprint density at radius 1 is 1.31 bits per heavy atom. The normalized spacial score (nSPS) is 14.3. The van der Waals surface area contributed by atoms with E-state index in [0.717, 1.165) is 16.5 Å². The van der Waals surface area contributed by atoms with Gasteiger partial charge in [-0.25, -0.2) is 8.78 Å². The van der Waals surface area contributed by atoms with Crippen molar-refractivity contribution in [2.75, 3.05) is 6.26 Å². The van der Waals surface area contributed by atoms with Crippen LogP contribution in [-0.2, 0) is 17.2 Å². The van der Waals surface area contributed by atoms with Gasteiger partial charge < -0.3 is 0 Å². The van der Waals surface area contributed by atoms with Crippen LogP contribution in [0, 0.1) is 12.7 Å². The molecule has 0 spiro atoms. The lowest BCUT2D eigenvalue weighted by atomic mass is 9.96. The highest BCUT2D eigenvalue weighted by atomic mass is 35.5. The van der Waals surface area contributed by atoms with Crippen molar-refractivity contribution < 1.29 is 13.0 Å². The number of benzene rings is 1. The molecule has 2 aromatic heterocycles. The molecule has 0 aliphatic rings. The van der Waals surface area contributed by atoms with Gasteiger partial charge in [0.15, 0.2) is 5.83 Å². The summed E-state index contributed by atoms with van der Waals surface area (Å²) in [6, 6.07) is 9.48. The Bertz CT molecular complexity index is 1440.